The number of nitrogens with one attached hydrogen (secondary N) is 1. The van der Waals surface area contributed by atoms with Gasteiger partial charge in [-0.2, -0.15) is 0 Å². The second-order valence-corrected chi connectivity index (χ2v) is 7.75. The molecule has 0 radical (unpaired) electrons. The van der Waals surface area contributed by atoms with Crippen LogP contribution in [0.15, 0.2) is 18.2 Å². The van der Waals surface area contributed by atoms with E-state index < -0.39 is 0 Å². The van der Waals surface area contributed by atoms with E-state index in [0.717, 1.165) is 16.8 Å². The minimum Gasteiger partial charge on any atom is -0.466 e. The van der Waals surface area contributed by atoms with E-state index in [1.807, 2.05) is 6.92 Å². The van der Waals surface area contributed by atoms with E-state index in [1.165, 1.54) is 17.0 Å². The smallest absolute Gasteiger partial charge is 0.309 e. The fourth-order valence-electron chi connectivity index (χ4n) is 3.88. The number of ether oxygens (including phenoxy) is 1. The number of hydrogen-bond acceptors (Lipinski definition) is 4. The van der Waals surface area contributed by atoms with Crippen LogP contribution in [0.2, 0.25) is 0 Å². The predicted octanol–water partition coefficient (Wildman–Crippen LogP) is 2.42. The number of aromatic amines is 1. The van der Waals surface area contributed by atoms with Gasteiger partial charge in [-0.3, -0.25) is 14.4 Å². The molecule has 0 atom stereocenters. The second kappa shape index (κ2) is 9.28. The highest BCUT2D eigenvalue weighted by Gasteiger charge is 2.29. The van der Waals surface area contributed by atoms with Crippen LogP contribution in [-0.2, 0) is 25.5 Å². The van der Waals surface area contributed by atoms with Crippen molar-refractivity contribution in [2.75, 3.05) is 33.3 Å². The topological polar surface area (TPSA) is 82.7 Å². The molecule has 162 valence electrons. The van der Waals surface area contributed by atoms with Gasteiger partial charge in [-0.1, -0.05) is 0 Å². The third kappa shape index (κ3) is 4.80. The van der Waals surface area contributed by atoms with E-state index in [0.29, 0.717) is 37.9 Å². The summed E-state index contributed by atoms with van der Waals surface area (Å²) < 4.78 is 18.7. The number of fused-ring (bicyclic) bond motifs is 1. The van der Waals surface area contributed by atoms with E-state index in [1.54, 1.807) is 24.9 Å². The maximum Gasteiger partial charge on any atom is 0.309 e. The van der Waals surface area contributed by atoms with Crippen molar-refractivity contribution in [3.05, 3.63) is 35.3 Å². The van der Waals surface area contributed by atoms with Crippen LogP contribution in [-0.4, -0.2) is 65.9 Å². The molecule has 30 heavy (non-hydrogen) atoms. The monoisotopic (exact) mass is 417 g/mol. The molecule has 8 heteroatoms. The van der Waals surface area contributed by atoms with Crippen LogP contribution in [0.25, 0.3) is 10.9 Å². The molecule has 1 N–H and O–H groups in total. The number of halogens is 1. The molecule has 1 aromatic heterocycles. The Balaban J connectivity index is 1.56. The Morgan fingerprint density at radius 1 is 1.27 bits per heavy atom. The van der Waals surface area contributed by atoms with Gasteiger partial charge in [0.25, 0.3) is 0 Å². The summed E-state index contributed by atoms with van der Waals surface area (Å²) in [7, 11) is 1.59. The molecule has 2 aromatic rings. The van der Waals surface area contributed by atoms with Crippen molar-refractivity contribution < 1.29 is 23.5 Å². The summed E-state index contributed by atoms with van der Waals surface area (Å²) in [5.74, 6) is -1.08. The van der Waals surface area contributed by atoms with Crippen molar-refractivity contribution >= 4 is 28.7 Å². The zero-order valence-electron chi connectivity index (χ0n) is 17.7. The summed E-state index contributed by atoms with van der Waals surface area (Å²) in [4.78, 5) is 43.4. The second-order valence-electron chi connectivity index (χ2n) is 7.75. The number of carbonyl (C=O) groups is 3. The number of nitrogens with zero attached hydrogens (tertiary/aromatic N) is 2. The molecular formula is C22H28FN3O4. The molecule has 1 saturated heterocycles. The minimum atomic E-state index is -0.357. The Kier molecular flexibility index (Phi) is 6.74. The lowest BCUT2D eigenvalue weighted by Crippen LogP contribution is -2.46. The average Bonchev–Trinajstić information content (AvgIpc) is 3.02. The number of rotatable bonds is 6. The number of H-pyrrole nitrogens is 1. The average molecular weight is 417 g/mol. The van der Waals surface area contributed by atoms with Gasteiger partial charge in [-0.05, 0) is 50.5 Å². The number of likely N-dealkylation sites (tertiary alicyclic amines) is 1. The number of aromatic nitrogens is 1. The molecule has 0 bridgehead atoms. The van der Waals surface area contributed by atoms with E-state index >= 15 is 0 Å². The van der Waals surface area contributed by atoms with Gasteiger partial charge in [0.2, 0.25) is 11.8 Å². The highest BCUT2D eigenvalue weighted by Crippen LogP contribution is 2.24. The number of aryl methyl sites for hydroxylation is 1. The quantitative estimate of drug-likeness (QED) is 0.732. The number of hydrogen-bond donors (Lipinski definition) is 1. The lowest BCUT2D eigenvalue weighted by molar-refractivity contribution is -0.151. The number of esters is 1. The summed E-state index contributed by atoms with van der Waals surface area (Å²) in [6, 6.07) is 4.44. The molecule has 1 fully saturated rings. The molecule has 7 nitrogen and oxygen atoms in total. The molecule has 1 aliphatic heterocycles. The van der Waals surface area contributed by atoms with Crippen LogP contribution < -0.4 is 0 Å². The Morgan fingerprint density at radius 3 is 2.63 bits per heavy atom. The maximum atomic E-state index is 13.6. The minimum absolute atomic E-state index is 0.0291. The van der Waals surface area contributed by atoms with E-state index in [9.17, 15) is 18.8 Å². The summed E-state index contributed by atoms with van der Waals surface area (Å²) in [6.07, 6.45) is 1.23. The van der Waals surface area contributed by atoms with Crippen LogP contribution >= 0.6 is 0 Å². The molecular weight excluding hydrogens is 389 g/mol. The van der Waals surface area contributed by atoms with Crippen LogP contribution in [0.4, 0.5) is 4.39 Å². The Bertz CT molecular complexity index is 947. The van der Waals surface area contributed by atoms with Crippen LogP contribution in [0.5, 0.6) is 0 Å². The van der Waals surface area contributed by atoms with Gasteiger partial charge < -0.3 is 19.5 Å². The lowest BCUT2D eigenvalue weighted by Gasteiger charge is -2.32. The summed E-state index contributed by atoms with van der Waals surface area (Å²) in [5, 5.41) is 0.682. The highest BCUT2D eigenvalue weighted by molar-refractivity contribution is 5.91. The summed E-state index contributed by atoms with van der Waals surface area (Å²) in [6.45, 7) is 4.90. The van der Waals surface area contributed by atoms with Crippen LogP contribution in [0, 0.1) is 18.7 Å². The van der Waals surface area contributed by atoms with Crippen molar-refractivity contribution in [1.82, 2.24) is 14.8 Å². The predicted molar refractivity (Wildman–Crippen MR) is 110 cm³/mol. The highest BCUT2D eigenvalue weighted by atomic mass is 19.1. The first-order chi connectivity index (χ1) is 14.3. The van der Waals surface area contributed by atoms with Crippen molar-refractivity contribution in [3.8, 4) is 0 Å². The number of carbonyl (C=O) groups excluding carboxylic acids is 3. The van der Waals surface area contributed by atoms with Crippen molar-refractivity contribution in [3.63, 3.8) is 0 Å². The fraction of sp³-hybridized carbons (Fsp3) is 0.500. The Morgan fingerprint density at radius 2 is 1.97 bits per heavy atom. The van der Waals surface area contributed by atoms with E-state index in [2.05, 4.69) is 4.98 Å². The third-order valence-corrected chi connectivity index (χ3v) is 5.68. The molecule has 2 amide bonds. The molecule has 0 saturated carbocycles. The van der Waals surface area contributed by atoms with Gasteiger partial charge in [0.15, 0.2) is 0 Å². The molecule has 0 aliphatic carbocycles. The summed E-state index contributed by atoms with van der Waals surface area (Å²) >= 11 is 0. The van der Waals surface area contributed by atoms with Crippen LogP contribution in [0.3, 0.4) is 0 Å². The third-order valence-electron chi connectivity index (χ3n) is 5.68. The fourth-order valence-corrected chi connectivity index (χ4v) is 3.88. The normalized spacial score (nSPS) is 14.7. The first kappa shape index (κ1) is 21.8. The molecule has 3 rings (SSSR count). The molecule has 2 heterocycles. The van der Waals surface area contributed by atoms with Gasteiger partial charge in [0, 0.05) is 36.7 Å². The standard InChI is InChI=1S/C22H28FN3O4/c1-4-30-22(29)15-7-9-26(10-8-15)21(28)13-25(3)20(27)12-17-14(2)24-19-6-5-16(23)11-18(17)19/h5-6,11,15,24H,4,7-10,12-13H2,1-3H3. The number of likely N-dealkylation sites (N-methyl/N-ethyl adjacent to an activating group) is 1. The molecule has 0 spiro atoms. The summed E-state index contributed by atoms with van der Waals surface area (Å²) in [5.41, 5.74) is 2.33. The van der Waals surface area contributed by atoms with Gasteiger partial charge in [0.05, 0.1) is 25.5 Å². The molecule has 1 aliphatic rings. The van der Waals surface area contributed by atoms with Gasteiger partial charge in [-0.15, -0.1) is 0 Å². The van der Waals surface area contributed by atoms with E-state index in [-0.39, 0.29) is 42.5 Å². The lowest BCUT2D eigenvalue weighted by atomic mass is 9.97. The molecule has 1 aromatic carbocycles. The van der Waals surface area contributed by atoms with Crippen molar-refractivity contribution in [2.24, 2.45) is 5.92 Å². The molecule has 0 unspecified atom stereocenters. The van der Waals surface area contributed by atoms with Crippen molar-refractivity contribution in [2.45, 2.75) is 33.1 Å². The number of amides is 2. The number of piperidine rings is 1. The van der Waals surface area contributed by atoms with E-state index in [4.69, 9.17) is 4.74 Å². The number of benzene rings is 1. The largest absolute Gasteiger partial charge is 0.466 e. The zero-order valence-corrected chi connectivity index (χ0v) is 17.7. The Hall–Kier alpha value is -2.90. The van der Waals surface area contributed by atoms with Gasteiger partial charge in [-0.25, -0.2) is 4.39 Å². The Labute approximate surface area is 175 Å². The first-order valence-corrected chi connectivity index (χ1v) is 10.2. The SMILES string of the molecule is CCOC(=O)C1CCN(C(=O)CN(C)C(=O)Cc2c(C)[nH]c3ccc(F)cc23)CC1. The zero-order chi connectivity index (χ0) is 21.8. The van der Waals surface area contributed by atoms with Crippen molar-refractivity contribution in [1.29, 1.82) is 0 Å². The first-order valence-electron chi connectivity index (χ1n) is 10.2. The van der Waals surface area contributed by atoms with Crippen LogP contribution in [0.1, 0.15) is 31.0 Å². The van der Waals surface area contributed by atoms with Gasteiger partial charge >= 0.3 is 5.97 Å². The maximum absolute atomic E-state index is 13.6. The van der Waals surface area contributed by atoms with Gasteiger partial charge in [0.1, 0.15) is 5.82 Å².